The summed E-state index contributed by atoms with van der Waals surface area (Å²) in [6.45, 7) is 4.96. The van der Waals surface area contributed by atoms with Crippen molar-refractivity contribution in [1.29, 1.82) is 0 Å². The van der Waals surface area contributed by atoms with Gasteiger partial charge in [-0.2, -0.15) is 0 Å². The van der Waals surface area contributed by atoms with Crippen molar-refractivity contribution in [2.75, 3.05) is 13.7 Å². The van der Waals surface area contributed by atoms with E-state index in [-0.39, 0.29) is 11.5 Å². The van der Waals surface area contributed by atoms with Crippen LogP contribution in [0.2, 0.25) is 0 Å². The minimum atomic E-state index is -0.266. The second kappa shape index (κ2) is 5.13. The van der Waals surface area contributed by atoms with Gasteiger partial charge in [0, 0.05) is 7.11 Å². The van der Waals surface area contributed by atoms with Crippen LogP contribution in [0.1, 0.15) is 46.0 Å². The first-order valence-corrected chi connectivity index (χ1v) is 5.78. The molecule has 0 aliphatic heterocycles. The van der Waals surface area contributed by atoms with Crippen LogP contribution in [0, 0.1) is 11.3 Å². The number of methoxy groups -OCH3 is 1. The zero-order valence-corrected chi connectivity index (χ0v) is 9.75. The Morgan fingerprint density at radius 2 is 1.86 bits per heavy atom. The Bertz CT molecular complexity index is 160. The Balaban J connectivity index is 2.60. The predicted octanol–water partition coefficient (Wildman–Crippen LogP) is 2.60. The van der Waals surface area contributed by atoms with Crippen molar-refractivity contribution in [1.82, 2.24) is 0 Å². The molecule has 1 fully saturated rings. The number of rotatable bonds is 5. The topological polar surface area (TPSA) is 29.5 Å². The highest BCUT2D eigenvalue weighted by Gasteiger charge is 2.40. The third kappa shape index (κ3) is 2.71. The molecule has 1 aliphatic rings. The third-order valence-electron chi connectivity index (χ3n) is 3.45. The lowest BCUT2D eigenvalue weighted by Crippen LogP contribution is -2.37. The molecule has 0 amide bonds. The average Bonchev–Trinajstić information content (AvgIpc) is 2.53. The predicted molar refractivity (Wildman–Crippen MR) is 58.2 cm³/mol. The van der Waals surface area contributed by atoms with Gasteiger partial charge >= 0.3 is 0 Å². The maximum atomic E-state index is 10.1. The Kier molecular flexibility index (Phi) is 4.39. The number of aliphatic hydroxyl groups excluding tert-OH is 1. The SMILES string of the molecule is COCC(O)C1(CC(C)C)CCCC1. The molecule has 1 rings (SSSR count). The van der Waals surface area contributed by atoms with Crippen LogP contribution in [0.25, 0.3) is 0 Å². The molecule has 0 aromatic rings. The highest BCUT2D eigenvalue weighted by Crippen LogP contribution is 2.45. The maximum absolute atomic E-state index is 10.1. The standard InChI is InChI=1S/C12H24O2/c1-10(2)8-12(6-4-5-7-12)11(13)9-14-3/h10-11,13H,4-9H2,1-3H3. The zero-order valence-electron chi connectivity index (χ0n) is 9.75. The molecule has 1 saturated carbocycles. The molecule has 14 heavy (non-hydrogen) atoms. The Hall–Kier alpha value is -0.0800. The van der Waals surface area contributed by atoms with E-state index in [4.69, 9.17) is 4.74 Å². The van der Waals surface area contributed by atoms with E-state index >= 15 is 0 Å². The summed E-state index contributed by atoms with van der Waals surface area (Å²) in [7, 11) is 1.67. The van der Waals surface area contributed by atoms with Crippen LogP contribution in [0.15, 0.2) is 0 Å². The van der Waals surface area contributed by atoms with Gasteiger partial charge in [0.1, 0.15) is 0 Å². The Morgan fingerprint density at radius 1 is 1.29 bits per heavy atom. The van der Waals surface area contributed by atoms with Gasteiger partial charge in [-0.1, -0.05) is 26.7 Å². The molecule has 1 aliphatic carbocycles. The van der Waals surface area contributed by atoms with Gasteiger partial charge in [0.15, 0.2) is 0 Å². The molecule has 0 saturated heterocycles. The highest BCUT2D eigenvalue weighted by atomic mass is 16.5. The van der Waals surface area contributed by atoms with Crippen molar-refractivity contribution in [3.8, 4) is 0 Å². The number of aliphatic hydroxyl groups is 1. The van der Waals surface area contributed by atoms with E-state index in [0.29, 0.717) is 12.5 Å². The molecule has 1 atom stereocenters. The fourth-order valence-electron chi connectivity index (χ4n) is 2.90. The zero-order chi connectivity index (χ0) is 10.6. The molecule has 0 heterocycles. The van der Waals surface area contributed by atoms with Crippen LogP contribution in [-0.2, 0) is 4.74 Å². The molecular formula is C12H24O2. The molecule has 84 valence electrons. The van der Waals surface area contributed by atoms with Gasteiger partial charge in [-0.25, -0.2) is 0 Å². The van der Waals surface area contributed by atoms with Crippen molar-refractivity contribution in [3.05, 3.63) is 0 Å². The van der Waals surface area contributed by atoms with E-state index in [1.165, 1.54) is 25.7 Å². The Morgan fingerprint density at radius 3 is 2.29 bits per heavy atom. The molecule has 0 bridgehead atoms. The molecular weight excluding hydrogens is 176 g/mol. The summed E-state index contributed by atoms with van der Waals surface area (Å²) in [5.41, 5.74) is 0.157. The monoisotopic (exact) mass is 200 g/mol. The molecule has 1 unspecified atom stereocenters. The lowest BCUT2D eigenvalue weighted by Gasteiger charge is -2.35. The van der Waals surface area contributed by atoms with Gasteiger partial charge in [0.25, 0.3) is 0 Å². The molecule has 0 radical (unpaired) electrons. The molecule has 0 spiro atoms. The van der Waals surface area contributed by atoms with Crippen LogP contribution in [0.4, 0.5) is 0 Å². The van der Waals surface area contributed by atoms with E-state index in [0.717, 1.165) is 6.42 Å². The maximum Gasteiger partial charge on any atom is 0.0829 e. The van der Waals surface area contributed by atoms with Gasteiger partial charge in [-0.05, 0) is 30.6 Å². The first-order valence-electron chi connectivity index (χ1n) is 5.78. The number of ether oxygens (including phenoxy) is 1. The molecule has 1 N–H and O–H groups in total. The van der Waals surface area contributed by atoms with Crippen LogP contribution in [-0.4, -0.2) is 24.9 Å². The highest BCUT2D eigenvalue weighted by molar-refractivity contribution is 4.91. The van der Waals surface area contributed by atoms with Gasteiger partial charge < -0.3 is 9.84 Å². The largest absolute Gasteiger partial charge is 0.390 e. The lowest BCUT2D eigenvalue weighted by molar-refractivity contribution is -0.0367. The van der Waals surface area contributed by atoms with Gasteiger partial charge in [-0.3, -0.25) is 0 Å². The van der Waals surface area contributed by atoms with Crippen molar-refractivity contribution in [3.63, 3.8) is 0 Å². The van der Waals surface area contributed by atoms with Crippen LogP contribution < -0.4 is 0 Å². The molecule has 2 nitrogen and oxygen atoms in total. The summed E-state index contributed by atoms with van der Waals surface area (Å²) in [5.74, 6) is 0.666. The van der Waals surface area contributed by atoms with E-state index in [2.05, 4.69) is 13.8 Å². The molecule has 2 heteroatoms. The summed E-state index contributed by atoms with van der Waals surface area (Å²) < 4.78 is 5.07. The molecule has 0 aromatic heterocycles. The minimum absolute atomic E-state index is 0.157. The summed E-state index contributed by atoms with van der Waals surface area (Å²) in [4.78, 5) is 0. The van der Waals surface area contributed by atoms with E-state index in [1.807, 2.05) is 0 Å². The summed E-state index contributed by atoms with van der Waals surface area (Å²) in [6.07, 6.45) is 5.77. The number of hydrogen-bond acceptors (Lipinski definition) is 2. The average molecular weight is 200 g/mol. The van der Waals surface area contributed by atoms with E-state index in [9.17, 15) is 5.11 Å². The summed E-state index contributed by atoms with van der Waals surface area (Å²) in [6, 6.07) is 0. The Labute approximate surface area is 87.7 Å². The van der Waals surface area contributed by atoms with Crippen molar-refractivity contribution in [2.24, 2.45) is 11.3 Å². The van der Waals surface area contributed by atoms with E-state index in [1.54, 1.807) is 7.11 Å². The smallest absolute Gasteiger partial charge is 0.0829 e. The quantitative estimate of drug-likeness (QED) is 0.739. The van der Waals surface area contributed by atoms with Crippen molar-refractivity contribution >= 4 is 0 Å². The fraction of sp³-hybridized carbons (Fsp3) is 1.00. The second-order valence-corrected chi connectivity index (χ2v) is 5.14. The van der Waals surface area contributed by atoms with Crippen molar-refractivity contribution < 1.29 is 9.84 Å². The lowest BCUT2D eigenvalue weighted by atomic mass is 9.74. The van der Waals surface area contributed by atoms with E-state index < -0.39 is 0 Å². The van der Waals surface area contributed by atoms with Crippen LogP contribution in [0.3, 0.4) is 0 Å². The minimum Gasteiger partial charge on any atom is -0.390 e. The van der Waals surface area contributed by atoms with Gasteiger partial charge in [0.05, 0.1) is 12.7 Å². The number of hydrogen-bond donors (Lipinski definition) is 1. The normalized spacial score (nSPS) is 22.9. The first-order chi connectivity index (χ1) is 6.60. The van der Waals surface area contributed by atoms with Crippen LogP contribution in [0.5, 0.6) is 0 Å². The fourth-order valence-corrected chi connectivity index (χ4v) is 2.90. The van der Waals surface area contributed by atoms with Gasteiger partial charge in [-0.15, -0.1) is 0 Å². The van der Waals surface area contributed by atoms with Gasteiger partial charge in [0.2, 0.25) is 0 Å². The van der Waals surface area contributed by atoms with Crippen molar-refractivity contribution in [2.45, 2.75) is 52.1 Å². The molecule has 0 aromatic carbocycles. The first kappa shape index (κ1) is 12.0. The summed E-state index contributed by atoms with van der Waals surface area (Å²) >= 11 is 0. The third-order valence-corrected chi connectivity index (χ3v) is 3.45. The summed E-state index contributed by atoms with van der Waals surface area (Å²) in [5, 5.41) is 10.1. The van der Waals surface area contributed by atoms with Crippen LogP contribution >= 0.6 is 0 Å². The second-order valence-electron chi connectivity index (χ2n) is 5.14.